The van der Waals surface area contributed by atoms with Gasteiger partial charge in [-0.1, -0.05) is 59.7 Å². The Hall–Kier alpha value is -2.82. The van der Waals surface area contributed by atoms with Gasteiger partial charge in [-0.05, 0) is 61.0 Å². The lowest BCUT2D eigenvalue weighted by Gasteiger charge is -2.11. The minimum Gasteiger partial charge on any atom is -0.248 e. The van der Waals surface area contributed by atoms with Crippen molar-refractivity contribution in [3.63, 3.8) is 0 Å². The second kappa shape index (κ2) is 9.35. The van der Waals surface area contributed by atoms with Crippen molar-refractivity contribution in [2.24, 2.45) is 0 Å². The van der Waals surface area contributed by atoms with E-state index in [2.05, 4.69) is 98.8 Å². The van der Waals surface area contributed by atoms with Crippen molar-refractivity contribution in [1.82, 2.24) is 9.97 Å². The summed E-state index contributed by atoms with van der Waals surface area (Å²) in [6.07, 6.45) is 0. The molecule has 0 atom stereocenters. The molecule has 0 radical (unpaired) electrons. The topological polar surface area (TPSA) is 25.8 Å². The van der Waals surface area contributed by atoms with E-state index in [9.17, 15) is 0 Å². The molecule has 32 heavy (non-hydrogen) atoms. The van der Waals surface area contributed by atoms with E-state index in [4.69, 9.17) is 9.97 Å². The van der Waals surface area contributed by atoms with E-state index < -0.39 is 0 Å². The normalized spacial score (nSPS) is 11.3. The zero-order valence-corrected chi connectivity index (χ0v) is 19.8. The van der Waals surface area contributed by atoms with E-state index in [-0.39, 0.29) is 0 Å². The Kier molecular flexibility index (Phi) is 6.15. The fraction of sp³-hybridized carbons (Fsp3) is 0.143. The maximum absolute atomic E-state index is 5.09. The molecule has 0 aliphatic carbocycles. The van der Waals surface area contributed by atoms with Crippen molar-refractivity contribution in [3.05, 3.63) is 107 Å². The maximum Gasteiger partial charge on any atom is 0.0897 e. The Balaban J connectivity index is 1.49. The molecule has 4 aromatic carbocycles. The minimum atomic E-state index is 0.808. The van der Waals surface area contributed by atoms with Crippen LogP contribution in [0.1, 0.15) is 22.5 Å². The second-order valence-electron chi connectivity index (χ2n) is 8.01. The van der Waals surface area contributed by atoms with Gasteiger partial charge in [0.1, 0.15) is 0 Å². The van der Waals surface area contributed by atoms with Crippen LogP contribution in [0.4, 0.5) is 0 Å². The molecule has 1 aromatic heterocycles. The molecule has 0 aliphatic heterocycles. The van der Waals surface area contributed by atoms with Gasteiger partial charge in [0.05, 0.1) is 22.4 Å². The molecule has 0 unspecified atom stereocenters. The monoisotopic (exact) mass is 452 g/mol. The number of hydrogen-bond acceptors (Lipinski definition) is 4. The lowest BCUT2D eigenvalue weighted by molar-refractivity contribution is 1.07. The summed E-state index contributed by atoms with van der Waals surface area (Å²) in [5.74, 6) is 1.62. The van der Waals surface area contributed by atoms with Gasteiger partial charge in [-0.15, -0.1) is 23.5 Å². The largest absolute Gasteiger partial charge is 0.248 e. The van der Waals surface area contributed by atoms with E-state index >= 15 is 0 Å². The number of nitrogens with zero attached hydrogens (tertiary/aromatic N) is 2. The van der Waals surface area contributed by atoms with E-state index in [0.29, 0.717) is 0 Å². The highest BCUT2D eigenvalue weighted by atomic mass is 32.2. The summed E-state index contributed by atoms with van der Waals surface area (Å²) in [7, 11) is 0. The summed E-state index contributed by atoms with van der Waals surface area (Å²) < 4.78 is 0. The molecule has 0 fully saturated rings. The number of aromatic nitrogens is 2. The van der Waals surface area contributed by atoms with E-state index in [1.165, 1.54) is 31.7 Å². The summed E-state index contributed by atoms with van der Waals surface area (Å²) >= 11 is 3.64. The Morgan fingerprint density at radius 2 is 0.969 bits per heavy atom. The molecule has 0 bridgehead atoms. The summed E-state index contributed by atoms with van der Waals surface area (Å²) in [6.45, 7) is 4.24. The number of thioether (sulfide) groups is 2. The van der Waals surface area contributed by atoms with E-state index in [1.807, 2.05) is 23.5 Å². The summed E-state index contributed by atoms with van der Waals surface area (Å²) in [4.78, 5) is 12.7. The van der Waals surface area contributed by atoms with Crippen LogP contribution in [0.2, 0.25) is 0 Å². The Morgan fingerprint density at radius 1 is 0.562 bits per heavy atom. The van der Waals surface area contributed by atoms with Gasteiger partial charge in [0.15, 0.2) is 0 Å². The van der Waals surface area contributed by atoms with E-state index in [1.54, 1.807) is 0 Å². The van der Waals surface area contributed by atoms with Crippen LogP contribution in [0, 0.1) is 13.8 Å². The number of aryl methyl sites for hydroxylation is 2. The molecule has 4 heteroatoms. The zero-order chi connectivity index (χ0) is 21.9. The van der Waals surface area contributed by atoms with Crippen molar-refractivity contribution >= 4 is 45.3 Å². The van der Waals surface area contributed by atoms with Gasteiger partial charge in [0, 0.05) is 21.3 Å². The third-order valence-corrected chi connectivity index (χ3v) is 7.53. The average molecular weight is 453 g/mol. The first-order chi connectivity index (χ1) is 15.6. The zero-order valence-electron chi connectivity index (χ0n) is 18.2. The number of fused-ring (bicyclic) bond motifs is 2. The SMILES string of the molecule is Cc1ccc(SCc2nc3cc4ccccc4cc3nc2CSc2ccc(C)cc2)cc1. The molecule has 0 aliphatic rings. The van der Waals surface area contributed by atoms with Gasteiger partial charge >= 0.3 is 0 Å². The molecule has 0 N–H and O–H groups in total. The van der Waals surface area contributed by atoms with Crippen molar-refractivity contribution in [1.29, 1.82) is 0 Å². The molecular formula is C28H24N2S2. The molecule has 0 amide bonds. The number of benzene rings is 4. The van der Waals surface area contributed by atoms with Crippen molar-refractivity contribution in [2.75, 3.05) is 0 Å². The molecule has 5 aromatic rings. The van der Waals surface area contributed by atoms with Gasteiger partial charge in [-0.3, -0.25) is 0 Å². The van der Waals surface area contributed by atoms with Crippen LogP contribution in [0.5, 0.6) is 0 Å². The molecule has 0 saturated heterocycles. The van der Waals surface area contributed by atoms with Crippen LogP contribution in [0.25, 0.3) is 21.8 Å². The van der Waals surface area contributed by atoms with Crippen molar-refractivity contribution < 1.29 is 0 Å². The molecule has 0 saturated carbocycles. The highest BCUT2D eigenvalue weighted by Crippen LogP contribution is 2.30. The Morgan fingerprint density at radius 3 is 1.38 bits per heavy atom. The lowest BCUT2D eigenvalue weighted by atomic mass is 10.1. The highest BCUT2D eigenvalue weighted by Gasteiger charge is 2.12. The predicted octanol–water partition coefficient (Wildman–Crippen LogP) is 7.98. The van der Waals surface area contributed by atoms with Gasteiger partial charge < -0.3 is 0 Å². The van der Waals surface area contributed by atoms with Crippen molar-refractivity contribution in [2.45, 2.75) is 35.1 Å². The van der Waals surface area contributed by atoms with Gasteiger partial charge in [0.2, 0.25) is 0 Å². The molecule has 0 spiro atoms. The Bertz CT molecular complexity index is 1270. The summed E-state index contributed by atoms with van der Waals surface area (Å²) in [5, 5.41) is 2.40. The standard InChI is InChI=1S/C28H24N2S2/c1-19-7-11-23(12-8-19)31-17-27-28(18-32-24-13-9-20(2)10-14-24)30-26-16-22-6-4-3-5-21(22)15-25(26)29-27/h3-16H,17-18H2,1-2H3. The highest BCUT2D eigenvalue weighted by molar-refractivity contribution is 7.99. The fourth-order valence-electron chi connectivity index (χ4n) is 3.62. The molecule has 158 valence electrons. The fourth-order valence-corrected chi connectivity index (χ4v) is 5.34. The minimum absolute atomic E-state index is 0.808. The first-order valence-corrected chi connectivity index (χ1v) is 12.7. The van der Waals surface area contributed by atoms with Crippen LogP contribution >= 0.6 is 23.5 Å². The molecule has 2 nitrogen and oxygen atoms in total. The van der Waals surface area contributed by atoms with Crippen LogP contribution in [-0.4, -0.2) is 9.97 Å². The summed E-state index contributed by atoms with van der Waals surface area (Å²) in [5.41, 5.74) is 6.62. The predicted molar refractivity (Wildman–Crippen MR) is 139 cm³/mol. The first-order valence-electron chi connectivity index (χ1n) is 10.7. The quantitative estimate of drug-likeness (QED) is 0.193. The van der Waals surface area contributed by atoms with Crippen LogP contribution < -0.4 is 0 Å². The Labute approximate surface area is 197 Å². The number of hydrogen-bond donors (Lipinski definition) is 0. The van der Waals surface area contributed by atoms with E-state index in [0.717, 1.165) is 33.9 Å². The summed E-state index contributed by atoms with van der Waals surface area (Å²) in [6, 6.07) is 30.1. The smallest absolute Gasteiger partial charge is 0.0897 e. The third-order valence-electron chi connectivity index (χ3n) is 5.48. The first kappa shape index (κ1) is 21.0. The average Bonchev–Trinajstić information content (AvgIpc) is 2.82. The van der Waals surface area contributed by atoms with Crippen LogP contribution in [-0.2, 0) is 11.5 Å². The lowest BCUT2D eigenvalue weighted by Crippen LogP contribution is -2.01. The third kappa shape index (κ3) is 4.82. The molecule has 1 heterocycles. The molecule has 5 rings (SSSR count). The van der Waals surface area contributed by atoms with Gasteiger partial charge in [0.25, 0.3) is 0 Å². The number of rotatable bonds is 6. The van der Waals surface area contributed by atoms with Gasteiger partial charge in [-0.25, -0.2) is 9.97 Å². The van der Waals surface area contributed by atoms with Crippen LogP contribution in [0.15, 0.2) is 94.7 Å². The second-order valence-corrected chi connectivity index (χ2v) is 10.1. The van der Waals surface area contributed by atoms with Crippen LogP contribution in [0.3, 0.4) is 0 Å². The van der Waals surface area contributed by atoms with Gasteiger partial charge in [-0.2, -0.15) is 0 Å². The molecular weight excluding hydrogens is 428 g/mol. The van der Waals surface area contributed by atoms with Crippen molar-refractivity contribution in [3.8, 4) is 0 Å². The maximum atomic E-state index is 5.09.